The van der Waals surface area contributed by atoms with Crippen LogP contribution in [0, 0.1) is 0 Å². The summed E-state index contributed by atoms with van der Waals surface area (Å²) in [5.41, 5.74) is 2.25. The first-order valence-electron chi connectivity index (χ1n) is 7.88. The van der Waals surface area contributed by atoms with Gasteiger partial charge in [0, 0.05) is 24.5 Å². The number of pyridine rings is 2. The lowest BCUT2D eigenvalue weighted by Gasteiger charge is -2.19. The fraction of sp³-hybridized carbons (Fsp3) is 0.188. The monoisotopic (exact) mass is 388 g/mol. The quantitative estimate of drug-likeness (QED) is 0.701. The molecule has 27 heavy (non-hydrogen) atoms. The number of urea groups is 1. The van der Waals surface area contributed by atoms with Gasteiger partial charge >= 0.3 is 16.3 Å². The minimum Gasteiger partial charge on any atom is -0.291 e. The summed E-state index contributed by atoms with van der Waals surface area (Å²) in [6, 6.07) is 5.83. The van der Waals surface area contributed by atoms with E-state index in [1.165, 1.54) is 13.0 Å². The van der Waals surface area contributed by atoms with Gasteiger partial charge in [0.25, 0.3) is 0 Å². The van der Waals surface area contributed by atoms with Crippen molar-refractivity contribution >= 4 is 33.3 Å². The Kier molecular flexibility index (Phi) is 5.23. The van der Waals surface area contributed by atoms with Crippen LogP contribution in [0.4, 0.5) is 10.6 Å². The minimum atomic E-state index is -4.16. The molecule has 0 radical (unpaired) electrons. The Morgan fingerprint density at radius 1 is 1.19 bits per heavy atom. The number of hydrogen-bond donors (Lipinski definition) is 1. The standard InChI is InChI=1S/C16H16N6O4S/c1-3-22(27(24,25)26-2)16(23)21-14-5-4-12-15(20-14)19-13(10-18-12)11-6-8-17-9-7-11/h4-10H,3H2,1-2H3,(H,19,20,21,23). The second-order valence-corrected chi connectivity index (χ2v) is 6.88. The van der Waals surface area contributed by atoms with E-state index in [1.807, 2.05) is 0 Å². The van der Waals surface area contributed by atoms with E-state index >= 15 is 0 Å². The van der Waals surface area contributed by atoms with Crippen molar-refractivity contribution in [3.8, 4) is 11.3 Å². The molecular weight excluding hydrogens is 372 g/mol. The van der Waals surface area contributed by atoms with Crippen LogP contribution in [-0.2, 0) is 14.5 Å². The number of hydrogen-bond acceptors (Lipinski definition) is 8. The van der Waals surface area contributed by atoms with Crippen LogP contribution in [0.5, 0.6) is 0 Å². The number of aromatic nitrogens is 4. The maximum absolute atomic E-state index is 12.2. The molecule has 0 aliphatic carbocycles. The third-order valence-corrected chi connectivity index (χ3v) is 5.00. The summed E-state index contributed by atoms with van der Waals surface area (Å²) >= 11 is 0. The predicted octanol–water partition coefficient (Wildman–Crippen LogP) is 1.83. The summed E-state index contributed by atoms with van der Waals surface area (Å²) in [7, 11) is -3.17. The molecule has 3 heterocycles. The van der Waals surface area contributed by atoms with E-state index < -0.39 is 16.3 Å². The first-order chi connectivity index (χ1) is 12.9. The van der Waals surface area contributed by atoms with Crippen molar-refractivity contribution in [1.29, 1.82) is 0 Å². The van der Waals surface area contributed by atoms with Crippen LogP contribution in [0.2, 0.25) is 0 Å². The van der Waals surface area contributed by atoms with E-state index in [1.54, 1.807) is 36.8 Å². The molecule has 2 amide bonds. The second-order valence-electron chi connectivity index (χ2n) is 5.25. The SMILES string of the molecule is CCN(C(=O)Nc1ccc2ncc(-c3ccncc3)nc2n1)S(=O)(=O)OC. The van der Waals surface area contributed by atoms with Crippen molar-refractivity contribution in [3.63, 3.8) is 0 Å². The number of anilines is 1. The summed E-state index contributed by atoms with van der Waals surface area (Å²) in [5, 5.41) is 2.42. The van der Waals surface area contributed by atoms with Crippen LogP contribution in [0.25, 0.3) is 22.4 Å². The number of nitrogens with one attached hydrogen (secondary N) is 1. The molecule has 11 heteroatoms. The molecule has 0 aliphatic rings. The zero-order valence-electron chi connectivity index (χ0n) is 14.5. The molecular formula is C16H16N6O4S. The highest BCUT2D eigenvalue weighted by Crippen LogP contribution is 2.19. The normalized spacial score (nSPS) is 11.3. The van der Waals surface area contributed by atoms with Crippen LogP contribution >= 0.6 is 0 Å². The Labute approximate surface area is 155 Å². The lowest BCUT2D eigenvalue weighted by Crippen LogP contribution is -2.40. The average Bonchev–Trinajstić information content (AvgIpc) is 2.68. The fourth-order valence-electron chi connectivity index (χ4n) is 2.29. The van der Waals surface area contributed by atoms with Crippen molar-refractivity contribution in [2.45, 2.75) is 6.92 Å². The lowest BCUT2D eigenvalue weighted by atomic mass is 10.2. The summed E-state index contributed by atoms with van der Waals surface area (Å²) in [4.78, 5) is 29.2. The molecule has 0 aliphatic heterocycles. The van der Waals surface area contributed by atoms with Crippen LogP contribution in [-0.4, -0.2) is 52.3 Å². The van der Waals surface area contributed by atoms with Gasteiger partial charge in [-0.2, -0.15) is 12.7 Å². The molecule has 0 fully saturated rings. The molecule has 3 rings (SSSR count). The minimum absolute atomic E-state index is 0.0957. The number of carbonyl (C=O) groups is 1. The maximum Gasteiger partial charge on any atom is 0.365 e. The van der Waals surface area contributed by atoms with E-state index in [2.05, 4.69) is 29.4 Å². The highest BCUT2D eigenvalue weighted by atomic mass is 32.2. The summed E-state index contributed by atoms with van der Waals surface area (Å²) in [6.45, 7) is 1.41. The largest absolute Gasteiger partial charge is 0.365 e. The Hall–Kier alpha value is -3.18. The highest BCUT2D eigenvalue weighted by molar-refractivity contribution is 7.84. The molecule has 1 N–H and O–H groups in total. The molecule has 10 nitrogen and oxygen atoms in total. The van der Waals surface area contributed by atoms with Gasteiger partial charge in [-0.15, -0.1) is 0 Å². The van der Waals surface area contributed by atoms with E-state index in [0.29, 0.717) is 21.2 Å². The average molecular weight is 388 g/mol. The topological polar surface area (TPSA) is 127 Å². The summed E-state index contributed by atoms with van der Waals surface area (Å²) in [6.07, 6.45) is 4.89. The van der Waals surface area contributed by atoms with Crippen LogP contribution < -0.4 is 5.32 Å². The van der Waals surface area contributed by atoms with Crippen LogP contribution in [0.15, 0.2) is 42.9 Å². The van der Waals surface area contributed by atoms with Crippen molar-refractivity contribution in [3.05, 3.63) is 42.9 Å². The van der Waals surface area contributed by atoms with Gasteiger partial charge < -0.3 is 0 Å². The van der Waals surface area contributed by atoms with Gasteiger partial charge in [-0.1, -0.05) is 0 Å². The van der Waals surface area contributed by atoms with E-state index in [4.69, 9.17) is 0 Å². The molecule has 0 saturated heterocycles. The molecule has 3 aromatic rings. The molecule has 0 saturated carbocycles. The van der Waals surface area contributed by atoms with Gasteiger partial charge in [-0.25, -0.2) is 14.8 Å². The van der Waals surface area contributed by atoms with E-state index in [-0.39, 0.29) is 12.4 Å². The van der Waals surface area contributed by atoms with E-state index in [0.717, 1.165) is 12.7 Å². The van der Waals surface area contributed by atoms with Crippen molar-refractivity contribution in [2.24, 2.45) is 0 Å². The number of rotatable bonds is 5. The Morgan fingerprint density at radius 2 is 1.93 bits per heavy atom. The lowest BCUT2D eigenvalue weighted by molar-refractivity contribution is 0.231. The van der Waals surface area contributed by atoms with Crippen LogP contribution in [0.3, 0.4) is 0 Å². The van der Waals surface area contributed by atoms with Gasteiger partial charge in [0.05, 0.1) is 19.0 Å². The summed E-state index contributed by atoms with van der Waals surface area (Å²) < 4.78 is 28.5. The fourth-order valence-corrected chi connectivity index (χ4v) is 3.04. The maximum atomic E-state index is 12.2. The number of amides is 2. The Morgan fingerprint density at radius 3 is 2.59 bits per heavy atom. The van der Waals surface area contributed by atoms with Gasteiger partial charge in [0.2, 0.25) is 0 Å². The number of nitrogens with zero attached hydrogens (tertiary/aromatic N) is 5. The first kappa shape index (κ1) is 18.6. The first-order valence-corrected chi connectivity index (χ1v) is 9.24. The van der Waals surface area contributed by atoms with Crippen LogP contribution in [0.1, 0.15) is 6.92 Å². The third kappa shape index (κ3) is 3.99. The molecule has 0 atom stereocenters. The van der Waals surface area contributed by atoms with Gasteiger partial charge in [0.1, 0.15) is 11.3 Å². The van der Waals surface area contributed by atoms with Gasteiger partial charge in [-0.05, 0) is 31.2 Å². The summed E-state index contributed by atoms with van der Waals surface area (Å²) in [5.74, 6) is 0.137. The zero-order chi connectivity index (χ0) is 19.4. The van der Waals surface area contributed by atoms with Gasteiger partial charge in [0.15, 0.2) is 5.65 Å². The number of carbonyl (C=O) groups excluding carboxylic acids is 1. The van der Waals surface area contributed by atoms with Gasteiger partial charge in [-0.3, -0.25) is 19.5 Å². The predicted molar refractivity (Wildman–Crippen MR) is 97.9 cm³/mol. The molecule has 3 aromatic heterocycles. The Bertz CT molecular complexity index is 1070. The molecule has 0 unspecified atom stereocenters. The van der Waals surface area contributed by atoms with Crippen molar-refractivity contribution in [2.75, 3.05) is 19.0 Å². The molecule has 0 spiro atoms. The smallest absolute Gasteiger partial charge is 0.291 e. The van der Waals surface area contributed by atoms with Crippen molar-refractivity contribution < 1.29 is 17.4 Å². The Balaban J connectivity index is 1.90. The zero-order valence-corrected chi connectivity index (χ0v) is 15.3. The highest BCUT2D eigenvalue weighted by Gasteiger charge is 2.26. The van der Waals surface area contributed by atoms with E-state index in [9.17, 15) is 13.2 Å². The molecule has 0 bridgehead atoms. The number of fused-ring (bicyclic) bond motifs is 1. The van der Waals surface area contributed by atoms with Crippen molar-refractivity contribution in [1.82, 2.24) is 24.2 Å². The third-order valence-electron chi connectivity index (χ3n) is 3.61. The second kappa shape index (κ2) is 7.60. The molecule has 140 valence electrons. The molecule has 0 aromatic carbocycles.